The second-order valence-electron chi connectivity index (χ2n) is 3.37. The smallest absolute Gasteiger partial charge is 0.317 e. The van der Waals surface area contributed by atoms with E-state index in [9.17, 15) is 9.59 Å². The summed E-state index contributed by atoms with van der Waals surface area (Å²) < 4.78 is 4.87. The molecule has 0 bridgehead atoms. The molecule has 0 rings (SSSR count). The topological polar surface area (TPSA) is 78.9 Å². The summed E-state index contributed by atoms with van der Waals surface area (Å²) in [6.07, 6.45) is 0.310. The Morgan fingerprint density at radius 3 is 2.56 bits per heavy atom. The Morgan fingerprint density at radius 2 is 2.06 bits per heavy atom. The van der Waals surface area contributed by atoms with Gasteiger partial charge in [-0.25, -0.2) is 0 Å². The molecule has 94 valence electrons. The quantitative estimate of drug-likeness (QED) is 0.562. The minimum Gasteiger partial charge on any atom is -0.480 e. The highest BCUT2D eigenvalue weighted by Gasteiger charge is 2.10. The first-order valence-corrected chi connectivity index (χ1v) is 5.30. The van der Waals surface area contributed by atoms with Crippen LogP contribution in [0.15, 0.2) is 0 Å². The average molecular weight is 232 g/mol. The van der Waals surface area contributed by atoms with Gasteiger partial charge in [0.05, 0.1) is 13.2 Å². The Balaban J connectivity index is 3.89. The van der Waals surface area contributed by atoms with Crippen LogP contribution < -0.4 is 5.32 Å². The Bertz CT molecular complexity index is 221. The third-order valence-electron chi connectivity index (χ3n) is 2.00. The highest BCUT2D eigenvalue weighted by molar-refractivity contribution is 5.76. The van der Waals surface area contributed by atoms with E-state index in [1.165, 1.54) is 0 Å². The molecule has 16 heavy (non-hydrogen) atoms. The lowest BCUT2D eigenvalue weighted by atomic mass is 10.3. The maximum atomic E-state index is 11.2. The zero-order valence-corrected chi connectivity index (χ0v) is 9.86. The fourth-order valence-corrected chi connectivity index (χ4v) is 1.23. The molecule has 6 nitrogen and oxygen atoms in total. The summed E-state index contributed by atoms with van der Waals surface area (Å²) in [6.45, 7) is 3.78. The third-order valence-corrected chi connectivity index (χ3v) is 2.00. The molecule has 0 aliphatic carbocycles. The maximum Gasteiger partial charge on any atom is 0.317 e. The monoisotopic (exact) mass is 232 g/mol. The number of carbonyl (C=O) groups is 2. The first kappa shape index (κ1) is 14.9. The van der Waals surface area contributed by atoms with Crippen LogP contribution in [0.5, 0.6) is 0 Å². The van der Waals surface area contributed by atoms with E-state index in [0.717, 1.165) is 0 Å². The van der Waals surface area contributed by atoms with Crippen molar-refractivity contribution in [3.8, 4) is 0 Å². The van der Waals surface area contributed by atoms with Gasteiger partial charge in [-0.3, -0.25) is 14.5 Å². The second-order valence-corrected chi connectivity index (χ2v) is 3.37. The van der Waals surface area contributed by atoms with Crippen molar-refractivity contribution in [1.29, 1.82) is 0 Å². The Hall–Kier alpha value is -1.14. The summed E-state index contributed by atoms with van der Waals surface area (Å²) in [5.41, 5.74) is 0. The van der Waals surface area contributed by atoms with Crippen LogP contribution in [0.2, 0.25) is 0 Å². The van der Waals surface area contributed by atoms with Crippen LogP contribution in [0.25, 0.3) is 0 Å². The minimum absolute atomic E-state index is 0.0599. The van der Waals surface area contributed by atoms with Gasteiger partial charge in [-0.05, 0) is 6.92 Å². The van der Waals surface area contributed by atoms with E-state index in [0.29, 0.717) is 32.7 Å². The number of aliphatic carboxylic acids is 1. The van der Waals surface area contributed by atoms with Crippen molar-refractivity contribution in [3.63, 3.8) is 0 Å². The van der Waals surface area contributed by atoms with Gasteiger partial charge in [-0.1, -0.05) is 0 Å². The van der Waals surface area contributed by atoms with E-state index < -0.39 is 5.97 Å². The highest BCUT2D eigenvalue weighted by Crippen LogP contribution is 1.92. The van der Waals surface area contributed by atoms with Gasteiger partial charge in [0.1, 0.15) is 0 Å². The van der Waals surface area contributed by atoms with Crippen LogP contribution in [0.3, 0.4) is 0 Å². The summed E-state index contributed by atoms with van der Waals surface area (Å²) in [5, 5.41) is 11.3. The number of amides is 1. The predicted molar refractivity (Wildman–Crippen MR) is 59.3 cm³/mol. The average Bonchev–Trinajstić information content (AvgIpc) is 2.22. The molecule has 0 saturated carbocycles. The molecule has 0 aromatic heterocycles. The zero-order chi connectivity index (χ0) is 12.4. The van der Waals surface area contributed by atoms with Crippen LogP contribution in [0.4, 0.5) is 0 Å². The predicted octanol–water partition coefficient (Wildman–Crippen LogP) is -0.454. The molecule has 0 aliphatic heterocycles. The van der Waals surface area contributed by atoms with Crippen molar-refractivity contribution in [3.05, 3.63) is 0 Å². The standard InChI is InChI=1S/C10H20N2O4/c1-3-11-9(13)4-5-12(6-7-16-2)8-10(14)15/h3-8H2,1-2H3,(H,11,13)(H,14,15). The van der Waals surface area contributed by atoms with E-state index in [-0.39, 0.29) is 12.5 Å². The van der Waals surface area contributed by atoms with Crippen LogP contribution in [0.1, 0.15) is 13.3 Å². The fourth-order valence-electron chi connectivity index (χ4n) is 1.23. The van der Waals surface area contributed by atoms with Gasteiger partial charge < -0.3 is 15.2 Å². The molecule has 0 heterocycles. The number of ether oxygens (including phenoxy) is 1. The number of carbonyl (C=O) groups excluding carboxylic acids is 1. The van der Waals surface area contributed by atoms with Crippen LogP contribution in [-0.2, 0) is 14.3 Å². The van der Waals surface area contributed by atoms with Gasteiger partial charge in [0.15, 0.2) is 0 Å². The van der Waals surface area contributed by atoms with Crippen LogP contribution in [-0.4, -0.2) is 61.8 Å². The van der Waals surface area contributed by atoms with Crippen molar-refractivity contribution in [2.75, 3.05) is 39.9 Å². The summed E-state index contributed by atoms with van der Waals surface area (Å²) in [5.74, 6) is -0.956. The molecule has 2 N–H and O–H groups in total. The van der Waals surface area contributed by atoms with Gasteiger partial charge in [-0.2, -0.15) is 0 Å². The van der Waals surface area contributed by atoms with E-state index in [1.807, 2.05) is 6.92 Å². The van der Waals surface area contributed by atoms with Crippen molar-refractivity contribution >= 4 is 11.9 Å². The van der Waals surface area contributed by atoms with Crippen molar-refractivity contribution < 1.29 is 19.4 Å². The Kier molecular flexibility index (Phi) is 8.46. The molecule has 0 saturated heterocycles. The lowest BCUT2D eigenvalue weighted by molar-refractivity contribution is -0.138. The summed E-state index contributed by atoms with van der Waals surface area (Å²) >= 11 is 0. The maximum absolute atomic E-state index is 11.2. The first-order valence-electron chi connectivity index (χ1n) is 5.30. The highest BCUT2D eigenvalue weighted by atomic mass is 16.5. The van der Waals surface area contributed by atoms with Crippen molar-refractivity contribution in [2.45, 2.75) is 13.3 Å². The molecule has 0 aromatic carbocycles. The number of hydrogen-bond donors (Lipinski definition) is 2. The van der Waals surface area contributed by atoms with Gasteiger partial charge in [-0.15, -0.1) is 0 Å². The van der Waals surface area contributed by atoms with E-state index in [2.05, 4.69) is 5.32 Å². The van der Waals surface area contributed by atoms with E-state index >= 15 is 0 Å². The lowest BCUT2D eigenvalue weighted by Crippen LogP contribution is -2.36. The number of nitrogens with one attached hydrogen (secondary N) is 1. The molecule has 0 unspecified atom stereocenters. The molecular formula is C10H20N2O4. The lowest BCUT2D eigenvalue weighted by Gasteiger charge is -2.19. The largest absolute Gasteiger partial charge is 0.480 e. The molecule has 0 aliphatic rings. The van der Waals surface area contributed by atoms with E-state index in [4.69, 9.17) is 9.84 Å². The van der Waals surface area contributed by atoms with Crippen LogP contribution in [0, 0.1) is 0 Å². The molecule has 0 aromatic rings. The molecule has 6 heteroatoms. The number of nitrogens with zero attached hydrogens (tertiary/aromatic N) is 1. The van der Waals surface area contributed by atoms with Crippen LogP contribution >= 0.6 is 0 Å². The molecule has 0 fully saturated rings. The molecule has 0 radical (unpaired) electrons. The van der Waals surface area contributed by atoms with Gasteiger partial charge >= 0.3 is 5.97 Å². The first-order chi connectivity index (χ1) is 7.60. The fraction of sp³-hybridized carbons (Fsp3) is 0.800. The number of hydrogen-bond acceptors (Lipinski definition) is 4. The summed E-state index contributed by atoms with van der Waals surface area (Å²) in [6, 6.07) is 0. The number of carboxylic acid groups (broad SMARTS) is 1. The zero-order valence-electron chi connectivity index (χ0n) is 9.86. The van der Waals surface area contributed by atoms with Gasteiger partial charge in [0.2, 0.25) is 5.91 Å². The summed E-state index contributed by atoms with van der Waals surface area (Å²) in [4.78, 5) is 23.4. The Labute approximate surface area is 95.6 Å². The van der Waals surface area contributed by atoms with Crippen molar-refractivity contribution in [2.24, 2.45) is 0 Å². The Morgan fingerprint density at radius 1 is 1.38 bits per heavy atom. The molecular weight excluding hydrogens is 212 g/mol. The van der Waals surface area contributed by atoms with Crippen molar-refractivity contribution in [1.82, 2.24) is 10.2 Å². The second kappa shape index (κ2) is 9.11. The SMILES string of the molecule is CCNC(=O)CCN(CCOC)CC(=O)O. The minimum atomic E-state index is -0.896. The molecule has 0 spiro atoms. The molecule has 0 atom stereocenters. The van der Waals surface area contributed by atoms with Gasteiger partial charge in [0.25, 0.3) is 0 Å². The molecule has 1 amide bonds. The normalized spacial score (nSPS) is 10.4. The summed E-state index contributed by atoms with van der Waals surface area (Å²) in [7, 11) is 1.56. The van der Waals surface area contributed by atoms with Gasteiger partial charge in [0, 0.05) is 33.2 Å². The number of carboxylic acids is 1. The van der Waals surface area contributed by atoms with E-state index in [1.54, 1.807) is 12.0 Å². The number of methoxy groups -OCH3 is 1. The third kappa shape index (κ3) is 8.19. The number of rotatable bonds is 9.